The molecule has 198 valence electrons. The number of aldehydes is 1. The fraction of sp³-hybridized carbons (Fsp3) is 0.423. The van der Waals surface area contributed by atoms with Gasteiger partial charge in [0.1, 0.15) is 17.1 Å². The number of rotatable bonds is 4. The van der Waals surface area contributed by atoms with Crippen molar-refractivity contribution in [3.05, 3.63) is 57.6 Å². The van der Waals surface area contributed by atoms with Gasteiger partial charge in [-0.3, -0.25) is 9.59 Å². The molecule has 5 N–H and O–H groups in total. The normalized spacial score (nSPS) is 30.5. The van der Waals surface area contributed by atoms with Crippen LogP contribution >= 0.6 is 12.4 Å². The van der Waals surface area contributed by atoms with Gasteiger partial charge in [-0.2, -0.15) is 0 Å². The molecule has 0 spiro atoms. The Kier molecular flexibility index (Phi) is 7.19. The minimum absolute atomic E-state index is 0. The monoisotopic (exact) mass is 533 g/mol. The molecule has 2 aromatic rings. The predicted molar refractivity (Wildman–Crippen MR) is 131 cm³/mol. The number of methoxy groups -OCH3 is 1. The molecule has 3 aliphatic rings. The maximum Gasteiger partial charge on any atom is 0.198 e. The molecular weight excluding hydrogens is 506 g/mol. The van der Waals surface area contributed by atoms with Crippen LogP contribution in [-0.2, 0) is 20.7 Å². The highest BCUT2D eigenvalue weighted by molar-refractivity contribution is 6.30. The molecule has 1 aliphatic heterocycles. The van der Waals surface area contributed by atoms with Crippen molar-refractivity contribution >= 4 is 30.3 Å². The molecule has 0 amide bonds. The highest BCUT2D eigenvalue weighted by Crippen LogP contribution is 2.47. The van der Waals surface area contributed by atoms with Crippen molar-refractivity contribution < 1.29 is 43.9 Å². The van der Waals surface area contributed by atoms with Crippen molar-refractivity contribution in [2.75, 3.05) is 7.11 Å². The van der Waals surface area contributed by atoms with E-state index < -0.39 is 53.6 Å². The lowest BCUT2D eigenvalue weighted by Crippen LogP contribution is -2.52. The van der Waals surface area contributed by atoms with E-state index in [2.05, 4.69) is 0 Å². The van der Waals surface area contributed by atoms with Gasteiger partial charge in [-0.15, -0.1) is 12.4 Å². The van der Waals surface area contributed by atoms with E-state index in [0.29, 0.717) is 11.8 Å². The fourth-order valence-electron chi connectivity index (χ4n) is 5.38. The predicted octanol–water partition coefficient (Wildman–Crippen LogP) is 1.35. The summed E-state index contributed by atoms with van der Waals surface area (Å²) in [6, 6.07) is 5.48. The second-order valence-electron chi connectivity index (χ2n) is 9.64. The van der Waals surface area contributed by atoms with Gasteiger partial charge in [-0.25, -0.2) is 0 Å². The molecule has 37 heavy (non-hydrogen) atoms. The van der Waals surface area contributed by atoms with Gasteiger partial charge in [-0.05, 0) is 24.6 Å². The lowest BCUT2D eigenvalue weighted by Gasteiger charge is -2.41. The van der Waals surface area contributed by atoms with Crippen molar-refractivity contribution in [2.45, 2.75) is 62.4 Å². The number of carbonyl (C=O) groups excluding carboxylic acids is 3. The van der Waals surface area contributed by atoms with Crippen molar-refractivity contribution in [3.8, 4) is 11.5 Å². The van der Waals surface area contributed by atoms with Crippen LogP contribution < -0.4 is 10.5 Å². The van der Waals surface area contributed by atoms with Crippen molar-refractivity contribution in [1.82, 2.24) is 0 Å². The molecule has 10 nitrogen and oxygen atoms in total. The summed E-state index contributed by atoms with van der Waals surface area (Å²) in [6.45, 7) is 1.65. The average Bonchev–Trinajstić information content (AvgIpc) is 2.85. The number of ketones is 2. The number of halogens is 1. The number of fused-ring (bicyclic) bond motifs is 3. The molecule has 0 aromatic heterocycles. The Morgan fingerprint density at radius 1 is 1.19 bits per heavy atom. The Morgan fingerprint density at radius 2 is 1.89 bits per heavy atom. The summed E-state index contributed by atoms with van der Waals surface area (Å²) in [4.78, 5) is 38.7. The first-order valence-corrected chi connectivity index (χ1v) is 11.7. The average molecular weight is 534 g/mol. The van der Waals surface area contributed by atoms with Crippen LogP contribution in [0.2, 0.25) is 0 Å². The number of phenols is 1. The van der Waals surface area contributed by atoms with Gasteiger partial charge in [-0.1, -0.05) is 12.1 Å². The van der Waals surface area contributed by atoms with Crippen molar-refractivity contribution in [1.29, 1.82) is 0 Å². The molecule has 1 fully saturated rings. The summed E-state index contributed by atoms with van der Waals surface area (Å²) in [5, 5.41) is 32.2. The van der Waals surface area contributed by atoms with Gasteiger partial charge in [0.05, 0.1) is 36.5 Å². The van der Waals surface area contributed by atoms with Crippen LogP contribution in [-0.4, -0.2) is 70.4 Å². The summed E-state index contributed by atoms with van der Waals surface area (Å²) in [5.74, 6) is -1.32. The van der Waals surface area contributed by atoms with Gasteiger partial charge < -0.3 is 40.1 Å². The highest BCUT2D eigenvalue weighted by atomic mass is 35.5. The van der Waals surface area contributed by atoms with Gasteiger partial charge in [0.25, 0.3) is 0 Å². The zero-order chi connectivity index (χ0) is 25.9. The van der Waals surface area contributed by atoms with Crippen LogP contribution in [0.3, 0.4) is 0 Å². The number of hydrogen-bond acceptors (Lipinski definition) is 10. The molecule has 0 bridgehead atoms. The number of carbonyl (C=O) groups is 3. The van der Waals surface area contributed by atoms with Crippen LogP contribution in [0.15, 0.2) is 24.3 Å². The van der Waals surface area contributed by atoms with Gasteiger partial charge in [0, 0.05) is 42.0 Å². The molecule has 6 atom stereocenters. The molecule has 4 unspecified atom stereocenters. The third-order valence-corrected chi connectivity index (χ3v) is 7.28. The van der Waals surface area contributed by atoms with Crippen LogP contribution in [0.1, 0.15) is 68.8 Å². The molecule has 1 heterocycles. The first-order chi connectivity index (χ1) is 17.1. The zero-order valence-electron chi connectivity index (χ0n) is 20.2. The van der Waals surface area contributed by atoms with Crippen LogP contribution in [0, 0.1) is 0 Å². The number of benzene rings is 2. The SMILES string of the molecule is COc1cccc2c1C(=O)c1cc3c(c(O)c1C2=O)C[C@@](O)(C=O)C[C@@H]3OC1CC(N)C(O)C(C)O1.Cl. The second kappa shape index (κ2) is 9.79. The lowest BCUT2D eigenvalue weighted by atomic mass is 9.74. The Labute approximate surface area is 218 Å². The Balaban J connectivity index is 0.00000320. The quantitative estimate of drug-likeness (QED) is 0.359. The summed E-state index contributed by atoms with van der Waals surface area (Å²) in [6.07, 6.45) is -3.26. The van der Waals surface area contributed by atoms with E-state index in [-0.39, 0.29) is 65.2 Å². The van der Waals surface area contributed by atoms with E-state index in [0.717, 1.165) is 0 Å². The molecular formula is C26H28ClNO9. The maximum absolute atomic E-state index is 13.5. The minimum Gasteiger partial charge on any atom is -0.507 e. The Morgan fingerprint density at radius 3 is 2.54 bits per heavy atom. The number of nitrogens with two attached hydrogens (primary N) is 1. The maximum atomic E-state index is 13.5. The van der Waals surface area contributed by atoms with E-state index in [1.165, 1.54) is 19.2 Å². The fourth-order valence-corrected chi connectivity index (χ4v) is 5.38. The minimum atomic E-state index is -1.88. The molecule has 1 saturated heterocycles. The first-order valence-electron chi connectivity index (χ1n) is 11.7. The second-order valence-corrected chi connectivity index (χ2v) is 9.64. The largest absolute Gasteiger partial charge is 0.507 e. The van der Waals surface area contributed by atoms with E-state index in [1.54, 1.807) is 19.1 Å². The smallest absolute Gasteiger partial charge is 0.198 e. The van der Waals surface area contributed by atoms with E-state index >= 15 is 0 Å². The van der Waals surface area contributed by atoms with Gasteiger partial charge >= 0.3 is 0 Å². The van der Waals surface area contributed by atoms with E-state index in [4.69, 9.17) is 19.9 Å². The molecule has 2 aliphatic carbocycles. The zero-order valence-corrected chi connectivity index (χ0v) is 21.0. The number of aliphatic hydroxyl groups excluding tert-OH is 1. The molecule has 5 rings (SSSR count). The number of hydrogen-bond donors (Lipinski definition) is 4. The lowest BCUT2D eigenvalue weighted by molar-refractivity contribution is -0.246. The summed E-state index contributed by atoms with van der Waals surface area (Å²) >= 11 is 0. The third-order valence-electron chi connectivity index (χ3n) is 7.28. The topological polar surface area (TPSA) is 166 Å². The van der Waals surface area contributed by atoms with Crippen LogP contribution in [0.25, 0.3) is 0 Å². The first kappa shape index (κ1) is 27.2. The van der Waals surface area contributed by atoms with Crippen molar-refractivity contribution in [3.63, 3.8) is 0 Å². The summed E-state index contributed by atoms with van der Waals surface area (Å²) < 4.78 is 17.1. The highest BCUT2D eigenvalue weighted by Gasteiger charge is 2.45. The van der Waals surface area contributed by atoms with Gasteiger partial charge in [0.15, 0.2) is 24.1 Å². The molecule has 2 aromatic carbocycles. The van der Waals surface area contributed by atoms with Crippen molar-refractivity contribution in [2.24, 2.45) is 5.73 Å². The number of phenolic OH excluding ortho intramolecular Hbond substituents is 1. The Hall–Kier alpha value is -2.86. The molecule has 0 saturated carbocycles. The number of aromatic hydroxyl groups is 1. The summed E-state index contributed by atoms with van der Waals surface area (Å²) in [5.41, 5.74) is 4.59. The standard InChI is InChI=1S/C26H27NO9.ClH/c1-11-22(29)16(27)7-19(35-11)36-18-9-26(33,10-28)8-15-13(18)6-14-21(25(15)32)23(30)12-4-3-5-17(34-2)20(12)24(14)31;/h3-6,10-11,16,18-19,22,29,32-33H,7-9,27H2,1-2H3;1H/t11?,16?,18-,19?,22?,26-;/m0./s1. The van der Waals surface area contributed by atoms with E-state index in [9.17, 15) is 29.7 Å². The van der Waals surface area contributed by atoms with Crippen LogP contribution in [0.5, 0.6) is 11.5 Å². The Bertz CT molecular complexity index is 1270. The molecule has 11 heteroatoms. The van der Waals surface area contributed by atoms with E-state index in [1.807, 2.05) is 0 Å². The molecule has 0 radical (unpaired) electrons. The number of aliphatic hydroxyl groups is 2. The van der Waals surface area contributed by atoms with Gasteiger partial charge in [0.2, 0.25) is 0 Å². The summed E-state index contributed by atoms with van der Waals surface area (Å²) in [7, 11) is 1.39. The number of ether oxygens (including phenoxy) is 3. The van der Waals surface area contributed by atoms with Crippen LogP contribution in [0.4, 0.5) is 0 Å². The third kappa shape index (κ3) is 4.33.